The maximum absolute atomic E-state index is 11.7. The van der Waals surface area contributed by atoms with Crippen LogP contribution in [0.3, 0.4) is 0 Å². The lowest BCUT2D eigenvalue weighted by Crippen LogP contribution is -2.33. The summed E-state index contributed by atoms with van der Waals surface area (Å²) in [4.78, 5) is 30.2. The van der Waals surface area contributed by atoms with Gasteiger partial charge in [-0.3, -0.25) is 9.59 Å². The second-order valence-corrected chi connectivity index (χ2v) is 4.24. The van der Waals surface area contributed by atoms with Crippen molar-refractivity contribution < 1.29 is 9.59 Å². The molecule has 0 aliphatic heterocycles. The van der Waals surface area contributed by atoms with E-state index in [0.717, 1.165) is 11.8 Å². The number of hydrogen-bond acceptors (Lipinski definition) is 4. The zero-order chi connectivity index (χ0) is 14.4. The van der Waals surface area contributed by atoms with Gasteiger partial charge in [0.25, 0.3) is 0 Å². The summed E-state index contributed by atoms with van der Waals surface area (Å²) in [5, 5.41) is 2.62. The molecule has 0 bridgehead atoms. The van der Waals surface area contributed by atoms with Gasteiger partial charge in [-0.05, 0) is 18.2 Å². The number of carbonyl (C=O) groups excluding carboxylic acids is 2. The van der Waals surface area contributed by atoms with Crippen LogP contribution in [-0.2, 0) is 9.59 Å². The highest BCUT2D eigenvalue weighted by Crippen LogP contribution is 2.11. The Morgan fingerprint density at radius 2 is 2.05 bits per heavy atom. The lowest BCUT2D eigenvalue weighted by Gasteiger charge is -2.15. The Bertz CT molecular complexity index is 468. The lowest BCUT2D eigenvalue weighted by molar-refractivity contribution is -0.129. The van der Waals surface area contributed by atoms with Gasteiger partial charge in [-0.2, -0.15) is 0 Å². The molecule has 0 saturated carbocycles. The molecule has 0 saturated heterocycles. The first kappa shape index (κ1) is 14.7. The normalized spacial score (nSPS) is 9.63. The van der Waals surface area contributed by atoms with E-state index in [2.05, 4.69) is 16.9 Å². The Balaban J connectivity index is 2.57. The molecule has 0 aliphatic carbocycles. The topological polar surface area (TPSA) is 65.5 Å². The van der Waals surface area contributed by atoms with Gasteiger partial charge >= 0.3 is 0 Å². The molecular weight excluding hydrogens is 244 g/mol. The number of rotatable bonds is 5. The van der Waals surface area contributed by atoms with Crippen molar-refractivity contribution in [2.45, 2.75) is 0 Å². The summed E-state index contributed by atoms with van der Waals surface area (Å²) in [6, 6.07) is 3.56. The van der Waals surface area contributed by atoms with Crippen molar-refractivity contribution in [1.29, 1.82) is 0 Å². The average molecular weight is 262 g/mol. The zero-order valence-electron chi connectivity index (χ0n) is 11.4. The number of anilines is 2. The van der Waals surface area contributed by atoms with E-state index >= 15 is 0 Å². The molecule has 0 aliphatic rings. The number of likely N-dealkylation sites (N-methyl/N-ethyl adjacent to an activating group) is 1. The quantitative estimate of drug-likeness (QED) is 0.794. The molecule has 0 atom stereocenters. The number of nitrogens with zero attached hydrogens (tertiary/aromatic N) is 3. The number of aromatic nitrogens is 1. The highest BCUT2D eigenvalue weighted by molar-refractivity contribution is 5.95. The minimum atomic E-state index is -0.303. The van der Waals surface area contributed by atoms with Crippen molar-refractivity contribution in [3.63, 3.8) is 0 Å². The molecule has 1 heterocycles. The minimum absolute atomic E-state index is 0.0397. The summed E-state index contributed by atoms with van der Waals surface area (Å²) in [7, 11) is 5.35. The van der Waals surface area contributed by atoms with Gasteiger partial charge in [0.2, 0.25) is 11.8 Å². The van der Waals surface area contributed by atoms with Gasteiger partial charge in [-0.25, -0.2) is 4.98 Å². The van der Waals surface area contributed by atoms with Crippen molar-refractivity contribution in [2.24, 2.45) is 0 Å². The van der Waals surface area contributed by atoms with Gasteiger partial charge in [-0.15, -0.1) is 0 Å². The van der Waals surface area contributed by atoms with Crippen molar-refractivity contribution in [2.75, 3.05) is 37.9 Å². The summed E-state index contributed by atoms with van der Waals surface area (Å²) < 4.78 is 0. The Morgan fingerprint density at radius 3 is 2.53 bits per heavy atom. The molecule has 6 nitrogen and oxygen atoms in total. The number of pyridine rings is 1. The number of nitrogens with one attached hydrogen (secondary N) is 1. The van der Waals surface area contributed by atoms with Crippen LogP contribution in [0, 0.1) is 0 Å². The van der Waals surface area contributed by atoms with Crippen molar-refractivity contribution in [3.8, 4) is 0 Å². The maximum atomic E-state index is 11.7. The smallest absolute Gasteiger partial charge is 0.246 e. The fourth-order valence-corrected chi connectivity index (χ4v) is 1.36. The van der Waals surface area contributed by atoms with Gasteiger partial charge in [0.1, 0.15) is 5.82 Å². The van der Waals surface area contributed by atoms with E-state index in [0.29, 0.717) is 5.82 Å². The van der Waals surface area contributed by atoms with E-state index in [1.807, 2.05) is 25.1 Å². The largest absolute Gasteiger partial charge is 0.376 e. The third-order valence-corrected chi connectivity index (χ3v) is 2.46. The first-order valence-corrected chi connectivity index (χ1v) is 5.74. The van der Waals surface area contributed by atoms with E-state index < -0.39 is 0 Å². The van der Waals surface area contributed by atoms with Crippen LogP contribution in [0.15, 0.2) is 31.0 Å². The second kappa shape index (κ2) is 6.53. The predicted octanol–water partition coefficient (Wildman–Crippen LogP) is 0.730. The lowest BCUT2D eigenvalue weighted by atomic mass is 10.4. The number of carbonyl (C=O) groups is 2. The molecule has 0 spiro atoms. The highest BCUT2D eigenvalue weighted by Gasteiger charge is 2.10. The van der Waals surface area contributed by atoms with Crippen LogP contribution in [0.1, 0.15) is 0 Å². The summed E-state index contributed by atoms with van der Waals surface area (Å²) in [5.74, 6) is -0.149. The molecule has 2 amide bonds. The zero-order valence-corrected chi connectivity index (χ0v) is 11.4. The van der Waals surface area contributed by atoms with Crippen LogP contribution >= 0.6 is 0 Å². The Morgan fingerprint density at radius 1 is 1.37 bits per heavy atom. The van der Waals surface area contributed by atoms with E-state index in [4.69, 9.17) is 0 Å². The van der Waals surface area contributed by atoms with Crippen LogP contribution in [-0.4, -0.2) is 49.4 Å². The van der Waals surface area contributed by atoms with Crippen LogP contribution in [0.5, 0.6) is 0 Å². The fraction of sp³-hybridized carbons (Fsp3) is 0.308. The van der Waals surface area contributed by atoms with Gasteiger partial charge in [0.05, 0.1) is 18.4 Å². The molecule has 1 aromatic rings. The molecule has 0 unspecified atom stereocenters. The van der Waals surface area contributed by atoms with Gasteiger partial charge in [0, 0.05) is 21.1 Å². The monoisotopic (exact) mass is 262 g/mol. The van der Waals surface area contributed by atoms with Gasteiger partial charge < -0.3 is 15.1 Å². The average Bonchev–Trinajstić information content (AvgIpc) is 2.38. The molecule has 0 radical (unpaired) electrons. The fourth-order valence-electron chi connectivity index (χ4n) is 1.36. The molecule has 1 aromatic heterocycles. The molecule has 1 rings (SSSR count). The first-order valence-electron chi connectivity index (χ1n) is 5.74. The highest BCUT2D eigenvalue weighted by atomic mass is 16.2. The van der Waals surface area contributed by atoms with E-state index in [-0.39, 0.29) is 18.4 Å². The summed E-state index contributed by atoms with van der Waals surface area (Å²) in [6.07, 6.45) is 2.83. The summed E-state index contributed by atoms with van der Waals surface area (Å²) in [6.45, 7) is 3.32. The van der Waals surface area contributed by atoms with Crippen molar-refractivity contribution >= 4 is 23.3 Å². The predicted molar refractivity (Wildman–Crippen MR) is 75.0 cm³/mol. The van der Waals surface area contributed by atoms with E-state index in [1.54, 1.807) is 12.3 Å². The van der Waals surface area contributed by atoms with Crippen LogP contribution in [0.4, 0.5) is 11.5 Å². The SMILES string of the molecule is C=CC(=O)N(C)CC(=O)Nc1ccc(N(C)C)cn1. The Kier molecular flexibility index (Phi) is 5.05. The molecule has 19 heavy (non-hydrogen) atoms. The van der Waals surface area contributed by atoms with Crippen LogP contribution in [0.2, 0.25) is 0 Å². The Labute approximate surface area is 112 Å². The molecule has 0 aromatic carbocycles. The third kappa shape index (κ3) is 4.42. The second-order valence-electron chi connectivity index (χ2n) is 4.24. The van der Waals surface area contributed by atoms with Crippen molar-refractivity contribution in [1.82, 2.24) is 9.88 Å². The van der Waals surface area contributed by atoms with E-state index in [9.17, 15) is 9.59 Å². The molecule has 1 N–H and O–H groups in total. The number of hydrogen-bond donors (Lipinski definition) is 1. The van der Waals surface area contributed by atoms with Gasteiger partial charge in [-0.1, -0.05) is 6.58 Å². The van der Waals surface area contributed by atoms with Crippen LogP contribution < -0.4 is 10.2 Å². The molecular formula is C13H18N4O2. The summed E-state index contributed by atoms with van der Waals surface area (Å²) >= 11 is 0. The maximum Gasteiger partial charge on any atom is 0.246 e. The van der Waals surface area contributed by atoms with Gasteiger partial charge in [0.15, 0.2) is 0 Å². The molecule has 102 valence electrons. The van der Waals surface area contributed by atoms with Crippen LogP contribution in [0.25, 0.3) is 0 Å². The Hall–Kier alpha value is -2.37. The number of amides is 2. The summed E-state index contributed by atoms with van der Waals surface area (Å²) in [5.41, 5.74) is 0.942. The van der Waals surface area contributed by atoms with Crippen molar-refractivity contribution in [3.05, 3.63) is 31.0 Å². The molecule has 0 fully saturated rings. The van der Waals surface area contributed by atoms with E-state index in [1.165, 1.54) is 11.9 Å². The standard InChI is InChI=1S/C13H18N4O2/c1-5-13(19)17(4)9-12(18)15-11-7-6-10(8-14-11)16(2)3/h5-8H,1,9H2,2-4H3,(H,14,15,18). The third-order valence-electron chi connectivity index (χ3n) is 2.46. The first-order chi connectivity index (χ1) is 8.93. The molecule has 6 heteroatoms. The minimum Gasteiger partial charge on any atom is -0.376 e.